The Labute approximate surface area is 92.5 Å². The summed E-state index contributed by atoms with van der Waals surface area (Å²) in [5, 5.41) is 0. The van der Waals surface area contributed by atoms with Gasteiger partial charge in [-0.25, -0.2) is 8.42 Å². The molecule has 1 aliphatic rings. The summed E-state index contributed by atoms with van der Waals surface area (Å²) in [5.41, 5.74) is 2.77. The highest BCUT2D eigenvalue weighted by atomic mass is 32.2. The zero-order valence-corrected chi connectivity index (χ0v) is 10.4. The van der Waals surface area contributed by atoms with Gasteiger partial charge in [-0.15, -0.1) is 0 Å². The van der Waals surface area contributed by atoms with Crippen molar-refractivity contribution in [3.05, 3.63) is 0 Å². The van der Waals surface area contributed by atoms with Crippen LogP contribution in [0.15, 0.2) is 0 Å². The summed E-state index contributed by atoms with van der Waals surface area (Å²) in [6.45, 7) is 4.33. The second-order valence-corrected chi connectivity index (χ2v) is 7.14. The molecule has 0 radical (unpaired) electrons. The molecule has 0 amide bonds. The molecule has 3 N–H and O–H groups in total. The number of hydrogen-bond donors (Lipinski definition) is 2. The van der Waals surface area contributed by atoms with Crippen molar-refractivity contribution in [3.63, 3.8) is 0 Å². The van der Waals surface area contributed by atoms with Gasteiger partial charge in [-0.05, 0) is 31.1 Å². The van der Waals surface area contributed by atoms with Crippen LogP contribution in [0, 0.1) is 11.8 Å². The molecule has 0 aromatic rings. The molecular weight excluding hydrogens is 212 g/mol. The van der Waals surface area contributed by atoms with E-state index in [1.165, 1.54) is 0 Å². The maximum atomic E-state index is 11.3. The average molecular weight is 234 g/mol. The lowest BCUT2D eigenvalue weighted by Gasteiger charge is -2.22. The molecule has 0 saturated carbocycles. The van der Waals surface area contributed by atoms with Crippen molar-refractivity contribution in [1.29, 1.82) is 0 Å². The number of hydrazine groups is 1. The third kappa shape index (κ3) is 4.09. The van der Waals surface area contributed by atoms with Crippen LogP contribution < -0.4 is 11.3 Å². The first-order valence-electron chi connectivity index (χ1n) is 5.61. The van der Waals surface area contributed by atoms with Gasteiger partial charge in [0.2, 0.25) is 0 Å². The minimum Gasteiger partial charge on any atom is -0.271 e. The lowest BCUT2D eigenvalue weighted by Crippen LogP contribution is -2.41. The van der Waals surface area contributed by atoms with E-state index in [0.717, 1.165) is 19.3 Å². The predicted molar refractivity (Wildman–Crippen MR) is 61.9 cm³/mol. The van der Waals surface area contributed by atoms with Crippen molar-refractivity contribution in [2.75, 3.05) is 11.5 Å². The molecule has 0 aliphatic carbocycles. The standard InChI is InChI=1S/C10H22N2O2S/c1-8(2)3-4-10(12-11)9-5-6-15(13,14)7-9/h8-10,12H,3-7,11H2,1-2H3. The van der Waals surface area contributed by atoms with Gasteiger partial charge in [-0.1, -0.05) is 13.8 Å². The number of nitrogens with one attached hydrogen (secondary N) is 1. The first kappa shape index (κ1) is 12.9. The van der Waals surface area contributed by atoms with E-state index < -0.39 is 9.84 Å². The van der Waals surface area contributed by atoms with E-state index in [4.69, 9.17) is 5.84 Å². The van der Waals surface area contributed by atoms with E-state index in [9.17, 15) is 8.42 Å². The van der Waals surface area contributed by atoms with Crippen molar-refractivity contribution >= 4 is 9.84 Å². The third-order valence-electron chi connectivity index (χ3n) is 3.11. The van der Waals surface area contributed by atoms with E-state index in [2.05, 4.69) is 19.3 Å². The number of nitrogens with two attached hydrogens (primary N) is 1. The van der Waals surface area contributed by atoms with Gasteiger partial charge in [0, 0.05) is 6.04 Å². The highest BCUT2D eigenvalue weighted by Crippen LogP contribution is 2.24. The lowest BCUT2D eigenvalue weighted by molar-refractivity contribution is 0.342. The molecule has 15 heavy (non-hydrogen) atoms. The van der Waals surface area contributed by atoms with E-state index in [1.807, 2.05) is 0 Å². The second kappa shape index (κ2) is 5.27. The molecule has 1 aliphatic heterocycles. The van der Waals surface area contributed by atoms with Crippen LogP contribution >= 0.6 is 0 Å². The summed E-state index contributed by atoms with van der Waals surface area (Å²) in [7, 11) is -2.78. The van der Waals surface area contributed by atoms with Crippen molar-refractivity contribution in [2.45, 2.75) is 39.2 Å². The van der Waals surface area contributed by atoms with Crippen molar-refractivity contribution < 1.29 is 8.42 Å². The van der Waals surface area contributed by atoms with Crippen molar-refractivity contribution in [1.82, 2.24) is 5.43 Å². The van der Waals surface area contributed by atoms with Crippen LogP contribution in [0.3, 0.4) is 0 Å². The van der Waals surface area contributed by atoms with Crippen molar-refractivity contribution in [3.8, 4) is 0 Å². The molecule has 1 rings (SSSR count). The van der Waals surface area contributed by atoms with Crippen LogP contribution in [0.4, 0.5) is 0 Å². The quantitative estimate of drug-likeness (QED) is 0.542. The van der Waals surface area contributed by atoms with Crippen LogP contribution in [0.25, 0.3) is 0 Å². The van der Waals surface area contributed by atoms with Gasteiger partial charge in [0.25, 0.3) is 0 Å². The maximum Gasteiger partial charge on any atom is 0.150 e. The second-order valence-electron chi connectivity index (χ2n) is 4.91. The highest BCUT2D eigenvalue weighted by molar-refractivity contribution is 7.91. The fraction of sp³-hybridized carbons (Fsp3) is 1.00. The van der Waals surface area contributed by atoms with E-state index in [1.54, 1.807) is 0 Å². The minimum absolute atomic E-state index is 0.157. The summed E-state index contributed by atoms with van der Waals surface area (Å²) < 4.78 is 22.7. The molecule has 5 heteroatoms. The fourth-order valence-electron chi connectivity index (χ4n) is 2.11. The van der Waals surface area contributed by atoms with E-state index in [0.29, 0.717) is 17.4 Å². The zero-order chi connectivity index (χ0) is 11.5. The average Bonchev–Trinajstić information content (AvgIpc) is 2.47. The largest absolute Gasteiger partial charge is 0.271 e. The van der Waals surface area contributed by atoms with Crippen LogP contribution in [-0.2, 0) is 9.84 Å². The van der Waals surface area contributed by atoms with Gasteiger partial charge in [-0.3, -0.25) is 11.3 Å². The molecule has 0 aromatic carbocycles. The molecule has 0 bridgehead atoms. The Balaban J connectivity index is 2.46. The molecule has 1 saturated heterocycles. The van der Waals surface area contributed by atoms with Gasteiger partial charge in [0.15, 0.2) is 9.84 Å². The first-order chi connectivity index (χ1) is 6.94. The van der Waals surface area contributed by atoms with Gasteiger partial charge >= 0.3 is 0 Å². The molecule has 2 unspecified atom stereocenters. The summed E-state index contributed by atoms with van der Waals surface area (Å²) >= 11 is 0. The van der Waals surface area contributed by atoms with Crippen LogP contribution in [0.5, 0.6) is 0 Å². The molecule has 2 atom stereocenters. The highest BCUT2D eigenvalue weighted by Gasteiger charge is 2.32. The normalized spacial score (nSPS) is 27.1. The Morgan fingerprint density at radius 3 is 2.47 bits per heavy atom. The summed E-state index contributed by atoms with van der Waals surface area (Å²) in [5.74, 6) is 6.96. The molecular formula is C10H22N2O2S. The number of sulfone groups is 1. The van der Waals surface area contributed by atoms with Gasteiger partial charge < -0.3 is 0 Å². The lowest BCUT2D eigenvalue weighted by atomic mass is 9.93. The predicted octanol–water partition coefficient (Wildman–Crippen LogP) is 0.689. The SMILES string of the molecule is CC(C)CCC(NN)C1CCS(=O)(=O)C1. The zero-order valence-electron chi connectivity index (χ0n) is 9.57. The fourth-order valence-corrected chi connectivity index (χ4v) is 3.99. The Hall–Kier alpha value is -0.130. The monoisotopic (exact) mass is 234 g/mol. The van der Waals surface area contributed by atoms with E-state index in [-0.39, 0.29) is 12.0 Å². The molecule has 90 valence electrons. The molecule has 4 nitrogen and oxygen atoms in total. The number of rotatable bonds is 5. The first-order valence-corrected chi connectivity index (χ1v) is 7.43. The van der Waals surface area contributed by atoms with Gasteiger partial charge in [-0.2, -0.15) is 0 Å². The van der Waals surface area contributed by atoms with Crippen LogP contribution in [0.2, 0.25) is 0 Å². The summed E-state index contributed by atoms with van der Waals surface area (Å²) in [6, 6.07) is 0.157. The Kier molecular flexibility index (Phi) is 4.55. The topological polar surface area (TPSA) is 72.2 Å². The molecule has 0 aromatic heterocycles. The molecule has 0 spiro atoms. The summed E-state index contributed by atoms with van der Waals surface area (Å²) in [6.07, 6.45) is 2.81. The van der Waals surface area contributed by atoms with Crippen LogP contribution in [0.1, 0.15) is 33.1 Å². The van der Waals surface area contributed by atoms with Crippen LogP contribution in [-0.4, -0.2) is 26.0 Å². The number of hydrogen-bond acceptors (Lipinski definition) is 4. The van der Waals surface area contributed by atoms with Crippen molar-refractivity contribution in [2.24, 2.45) is 17.7 Å². The van der Waals surface area contributed by atoms with Gasteiger partial charge in [0.1, 0.15) is 0 Å². The van der Waals surface area contributed by atoms with E-state index >= 15 is 0 Å². The molecule has 1 heterocycles. The van der Waals surface area contributed by atoms with Gasteiger partial charge in [0.05, 0.1) is 11.5 Å². The third-order valence-corrected chi connectivity index (χ3v) is 4.90. The maximum absolute atomic E-state index is 11.3. The Bertz CT molecular complexity index is 288. The Morgan fingerprint density at radius 2 is 2.07 bits per heavy atom. The minimum atomic E-state index is -2.78. The Morgan fingerprint density at radius 1 is 1.40 bits per heavy atom. The smallest absolute Gasteiger partial charge is 0.150 e. The molecule has 1 fully saturated rings. The summed E-state index contributed by atoms with van der Waals surface area (Å²) in [4.78, 5) is 0.